The lowest BCUT2D eigenvalue weighted by molar-refractivity contribution is 0.768. The summed E-state index contributed by atoms with van der Waals surface area (Å²) in [6, 6.07) is 98.5. The van der Waals surface area contributed by atoms with Gasteiger partial charge >= 0.3 is 0 Å². The van der Waals surface area contributed by atoms with Gasteiger partial charge in [0.05, 0.1) is 16.4 Å². The number of benzene rings is 11. The zero-order valence-electron chi connectivity index (χ0n) is 38.2. The lowest BCUT2D eigenvalue weighted by Crippen LogP contribution is -2.28. The van der Waals surface area contributed by atoms with E-state index in [1.807, 2.05) is 11.3 Å². The molecule has 0 spiro atoms. The summed E-state index contributed by atoms with van der Waals surface area (Å²) in [5.41, 5.74) is 18.8. The number of fused-ring (bicyclic) bond motifs is 9. The van der Waals surface area contributed by atoms with E-state index in [9.17, 15) is 0 Å². The average Bonchev–Trinajstić information content (AvgIpc) is 4.08. The van der Waals surface area contributed by atoms with Gasteiger partial charge in [-0.3, -0.25) is 0 Å². The van der Waals surface area contributed by atoms with Crippen molar-refractivity contribution < 1.29 is 0 Å². The number of para-hydroxylation sites is 2. The van der Waals surface area contributed by atoms with Gasteiger partial charge in [0.2, 0.25) is 0 Å². The first-order chi connectivity index (χ1) is 34.7. The lowest BCUT2D eigenvalue weighted by Gasteiger charge is -2.34. The fourth-order valence-electron chi connectivity index (χ4n) is 11.6. The third-order valence-corrected chi connectivity index (χ3v) is 15.8. The molecule has 0 N–H and O–H groups in total. The van der Waals surface area contributed by atoms with Crippen LogP contribution in [0.2, 0.25) is 0 Å². The molecule has 328 valence electrons. The predicted molar refractivity (Wildman–Crippen MR) is 297 cm³/mol. The highest BCUT2D eigenvalue weighted by molar-refractivity contribution is 7.25. The third-order valence-electron chi connectivity index (χ3n) is 14.7. The highest BCUT2D eigenvalue weighted by Crippen LogP contribution is 2.57. The Morgan fingerprint density at radius 3 is 1.50 bits per heavy atom. The maximum Gasteiger partial charge on any atom is 0.0713 e. The smallest absolute Gasteiger partial charge is 0.0713 e. The van der Waals surface area contributed by atoms with Crippen molar-refractivity contribution in [2.75, 3.05) is 4.90 Å². The van der Waals surface area contributed by atoms with Crippen molar-refractivity contribution in [1.82, 2.24) is 4.57 Å². The van der Waals surface area contributed by atoms with Crippen LogP contribution in [0.3, 0.4) is 0 Å². The molecule has 14 rings (SSSR count). The summed E-state index contributed by atoms with van der Waals surface area (Å²) in [6.07, 6.45) is 0. The molecular weight excluding hydrogens is 865 g/mol. The summed E-state index contributed by atoms with van der Waals surface area (Å²) < 4.78 is 5.03. The van der Waals surface area contributed by atoms with Crippen molar-refractivity contribution in [2.24, 2.45) is 0 Å². The van der Waals surface area contributed by atoms with E-state index in [-0.39, 0.29) is 0 Å². The van der Waals surface area contributed by atoms with Gasteiger partial charge in [-0.15, -0.1) is 11.3 Å². The topological polar surface area (TPSA) is 8.17 Å². The molecule has 0 saturated heterocycles. The molecule has 0 unspecified atom stereocenters. The first-order valence-electron chi connectivity index (χ1n) is 24.1. The maximum atomic E-state index is 2.43. The maximum absolute atomic E-state index is 2.43. The fraction of sp³-hybridized carbons (Fsp3) is 0.0149. The van der Waals surface area contributed by atoms with Crippen LogP contribution in [-0.4, -0.2) is 4.57 Å². The van der Waals surface area contributed by atoms with E-state index in [1.54, 1.807) is 0 Å². The van der Waals surface area contributed by atoms with Crippen molar-refractivity contribution in [3.63, 3.8) is 0 Å². The molecule has 0 amide bonds. The molecule has 0 fully saturated rings. The number of nitrogens with zero attached hydrogens (tertiary/aromatic N) is 2. The summed E-state index contributed by atoms with van der Waals surface area (Å²) in [7, 11) is 0. The number of thiophene rings is 1. The van der Waals surface area contributed by atoms with Gasteiger partial charge in [-0.25, -0.2) is 0 Å². The molecule has 2 heterocycles. The second-order valence-electron chi connectivity index (χ2n) is 18.4. The van der Waals surface area contributed by atoms with E-state index < -0.39 is 5.41 Å². The van der Waals surface area contributed by atoms with Crippen LogP contribution in [0.25, 0.3) is 81.0 Å². The molecule has 2 aromatic heterocycles. The summed E-state index contributed by atoms with van der Waals surface area (Å²) >= 11 is 1.86. The second kappa shape index (κ2) is 16.2. The van der Waals surface area contributed by atoms with E-state index in [0.29, 0.717) is 0 Å². The summed E-state index contributed by atoms with van der Waals surface area (Å²) in [5.74, 6) is 0. The molecule has 0 atom stereocenters. The number of hydrogen-bond acceptors (Lipinski definition) is 2. The van der Waals surface area contributed by atoms with Gasteiger partial charge in [0.25, 0.3) is 0 Å². The normalized spacial score (nSPS) is 12.7. The molecule has 3 heteroatoms. The van der Waals surface area contributed by atoms with Crippen molar-refractivity contribution in [3.8, 4) is 39.1 Å². The van der Waals surface area contributed by atoms with Gasteiger partial charge in [0.15, 0.2) is 0 Å². The molecule has 0 saturated carbocycles. The zero-order chi connectivity index (χ0) is 46.2. The summed E-state index contributed by atoms with van der Waals surface area (Å²) in [5, 5.41) is 5.15. The lowest BCUT2D eigenvalue weighted by atomic mass is 9.68. The zero-order valence-corrected chi connectivity index (χ0v) is 39.0. The second-order valence-corrected chi connectivity index (χ2v) is 19.5. The molecular formula is C67H44N2S. The highest BCUT2D eigenvalue weighted by Gasteiger charge is 2.46. The van der Waals surface area contributed by atoms with E-state index >= 15 is 0 Å². The standard InChI is InChI=1S/C67H44N2S/c1-3-17-49(18-4-1)67(50-19-5-2-6-20-50)61-26-11-7-22-55(61)59-44-54(39-40-62(59)67)68(52-37-32-46(33-38-52)48-34-41-66-60(43-48)58-25-10-14-29-65(58)70-66)51-35-30-45(31-36-51)47-16-15-21-53(42-47)69-63-27-12-8-23-56(63)57-24-9-13-28-64(57)69/h1-44H. The van der Waals surface area contributed by atoms with E-state index in [1.165, 1.54) is 92.0 Å². The Morgan fingerprint density at radius 1 is 0.314 bits per heavy atom. The molecule has 0 aliphatic heterocycles. The van der Waals surface area contributed by atoms with Gasteiger partial charge in [0, 0.05) is 53.7 Å². The summed E-state index contributed by atoms with van der Waals surface area (Å²) in [6.45, 7) is 0. The number of aromatic nitrogens is 1. The van der Waals surface area contributed by atoms with Crippen LogP contribution in [0.4, 0.5) is 17.1 Å². The first kappa shape index (κ1) is 40.3. The van der Waals surface area contributed by atoms with Crippen LogP contribution >= 0.6 is 11.3 Å². The number of rotatable bonds is 8. The van der Waals surface area contributed by atoms with Crippen molar-refractivity contribution >= 4 is 70.4 Å². The van der Waals surface area contributed by atoms with Gasteiger partial charge < -0.3 is 9.47 Å². The molecule has 1 aliphatic carbocycles. The minimum atomic E-state index is -0.469. The Labute approximate surface area is 411 Å². The molecule has 70 heavy (non-hydrogen) atoms. The Bertz CT molecular complexity index is 4020. The van der Waals surface area contributed by atoms with Crippen LogP contribution in [0.1, 0.15) is 22.3 Å². The monoisotopic (exact) mass is 908 g/mol. The Balaban J connectivity index is 0.903. The van der Waals surface area contributed by atoms with E-state index in [0.717, 1.165) is 28.3 Å². The number of anilines is 3. The Kier molecular flexibility index (Phi) is 9.33. The molecule has 1 aliphatic rings. The Morgan fingerprint density at radius 2 is 0.829 bits per heavy atom. The quantitative estimate of drug-likeness (QED) is 0.147. The van der Waals surface area contributed by atoms with Crippen LogP contribution in [0.5, 0.6) is 0 Å². The van der Waals surface area contributed by atoms with Crippen molar-refractivity contribution in [3.05, 3.63) is 289 Å². The van der Waals surface area contributed by atoms with Crippen molar-refractivity contribution in [2.45, 2.75) is 5.41 Å². The van der Waals surface area contributed by atoms with Gasteiger partial charge in [-0.05, 0) is 134 Å². The van der Waals surface area contributed by atoms with Crippen LogP contribution < -0.4 is 4.90 Å². The molecule has 11 aromatic carbocycles. The minimum absolute atomic E-state index is 0.469. The highest BCUT2D eigenvalue weighted by atomic mass is 32.1. The van der Waals surface area contributed by atoms with Crippen molar-refractivity contribution in [1.29, 1.82) is 0 Å². The molecule has 13 aromatic rings. The van der Waals surface area contributed by atoms with Crippen LogP contribution in [-0.2, 0) is 5.41 Å². The van der Waals surface area contributed by atoms with Gasteiger partial charge in [-0.1, -0.05) is 188 Å². The summed E-state index contributed by atoms with van der Waals surface area (Å²) in [4.78, 5) is 2.42. The van der Waals surface area contributed by atoms with E-state index in [4.69, 9.17) is 0 Å². The number of hydrogen-bond donors (Lipinski definition) is 0. The van der Waals surface area contributed by atoms with Gasteiger partial charge in [-0.2, -0.15) is 0 Å². The first-order valence-corrected chi connectivity index (χ1v) is 24.9. The van der Waals surface area contributed by atoms with Crippen LogP contribution in [0.15, 0.2) is 267 Å². The molecule has 0 bridgehead atoms. The predicted octanol–water partition coefficient (Wildman–Crippen LogP) is 18.3. The van der Waals surface area contributed by atoms with E-state index in [2.05, 4.69) is 276 Å². The van der Waals surface area contributed by atoms with Gasteiger partial charge in [0.1, 0.15) is 0 Å². The minimum Gasteiger partial charge on any atom is -0.310 e. The Hall–Kier alpha value is -8.76. The largest absolute Gasteiger partial charge is 0.310 e. The molecule has 2 nitrogen and oxygen atoms in total. The average molecular weight is 909 g/mol. The van der Waals surface area contributed by atoms with Crippen LogP contribution in [0, 0.1) is 0 Å². The fourth-order valence-corrected chi connectivity index (χ4v) is 12.6. The molecule has 0 radical (unpaired) electrons. The third kappa shape index (κ3) is 6.25. The SMILES string of the molecule is c1ccc(C2(c3ccccc3)c3ccccc3-c3cc(N(c4ccc(-c5cccc(-n6c7ccccc7c7ccccc76)c5)cc4)c4ccc(-c5ccc6sc7ccccc7c6c5)cc4)ccc32)cc1.